The summed E-state index contributed by atoms with van der Waals surface area (Å²) in [5.74, 6) is -0.699. The third-order valence-electron chi connectivity index (χ3n) is 4.79. The van der Waals surface area contributed by atoms with E-state index in [0.717, 1.165) is 19.6 Å². The van der Waals surface area contributed by atoms with Gasteiger partial charge in [-0.15, -0.1) is 0 Å². The number of carbonyl (C=O) groups excluding carboxylic acids is 2. The van der Waals surface area contributed by atoms with E-state index < -0.39 is 0 Å². The molecular formula is C21H24FN3O2. The van der Waals surface area contributed by atoms with Crippen LogP contribution in [0.5, 0.6) is 0 Å². The van der Waals surface area contributed by atoms with E-state index in [1.807, 2.05) is 18.2 Å². The Hall–Kier alpha value is -2.73. The van der Waals surface area contributed by atoms with E-state index in [1.54, 1.807) is 4.90 Å². The number of anilines is 1. The normalized spacial score (nSPS) is 14.8. The van der Waals surface area contributed by atoms with Crippen LogP contribution in [-0.4, -0.2) is 54.3 Å². The number of piperazine rings is 1. The summed E-state index contributed by atoms with van der Waals surface area (Å²) >= 11 is 0. The lowest BCUT2D eigenvalue weighted by molar-refractivity contribution is -0.132. The molecule has 1 heterocycles. The number of nitrogens with zero attached hydrogens (tertiary/aromatic N) is 3. The van der Waals surface area contributed by atoms with Crippen molar-refractivity contribution in [1.29, 1.82) is 0 Å². The van der Waals surface area contributed by atoms with E-state index in [1.165, 1.54) is 41.7 Å². The molecule has 1 aliphatic heterocycles. The zero-order chi connectivity index (χ0) is 19.2. The molecule has 2 aromatic rings. The van der Waals surface area contributed by atoms with E-state index in [4.69, 9.17) is 0 Å². The van der Waals surface area contributed by atoms with Crippen molar-refractivity contribution in [2.75, 3.05) is 37.6 Å². The van der Waals surface area contributed by atoms with E-state index >= 15 is 0 Å². The second-order valence-electron chi connectivity index (χ2n) is 6.72. The highest BCUT2D eigenvalue weighted by molar-refractivity contribution is 5.97. The number of halogens is 1. The van der Waals surface area contributed by atoms with Gasteiger partial charge in [-0.1, -0.05) is 30.3 Å². The molecule has 27 heavy (non-hydrogen) atoms. The van der Waals surface area contributed by atoms with Gasteiger partial charge in [-0.25, -0.2) is 4.39 Å². The molecule has 1 saturated heterocycles. The molecule has 0 spiro atoms. The Balaban J connectivity index is 1.55. The van der Waals surface area contributed by atoms with Gasteiger partial charge in [-0.05, 0) is 29.8 Å². The third kappa shape index (κ3) is 5.14. The average molecular weight is 369 g/mol. The number of carbonyl (C=O) groups is 2. The summed E-state index contributed by atoms with van der Waals surface area (Å²) in [5, 5.41) is 0. The summed E-state index contributed by atoms with van der Waals surface area (Å²) < 4.78 is 13.1. The lowest BCUT2D eigenvalue weighted by Gasteiger charge is -2.35. The standard InChI is InChI=1S/C21H24FN3O2/c1-17(26)25(20-9-7-19(22)8-10-20)16-21(27)24-13-11-23(12-14-24)15-18-5-3-2-4-6-18/h2-10H,11-16H2,1H3. The largest absolute Gasteiger partial charge is 0.339 e. The van der Waals surface area contributed by atoms with Gasteiger partial charge in [-0.2, -0.15) is 0 Å². The molecule has 1 aliphatic rings. The zero-order valence-electron chi connectivity index (χ0n) is 15.5. The summed E-state index contributed by atoms with van der Waals surface area (Å²) in [6.07, 6.45) is 0. The van der Waals surface area contributed by atoms with Crippen molar-refractivity contribution in [2.45, 2.75) is 13.5 Å². The molecule has 0 aromatic heterocycles. The van der Waals surface area contributed by atoms with Gasteiger partial charge in [0, 0.05) is 45.3 Å². The first-order chi connectivity index (χ1) is 13.0. The van der Waals surface area contributed by atoms with E-state index in [2.05, 4.69) is 17.0 Å². The second-order valence-corrected chi connectivity index (χ2v) is 6.72. The van der Waals surface area contributed by atoms with Gasteiger partial charge < -0.3 is 9.80 Å². The molecule has 2 aromatic carbocycles. The molecular weight excluding hydrogens is 345 g/mol. The SMILES string of the molecule is CC(=O)N(CC(=O)N1CCN(Cc2ccccc2)CC1)c1ccc(F)cc1. The maximum Gasteiger partial charge on any atom is 0.242 e. The Bertz CT molecular complexity index is 772. The van der Waals surface area contributed by atoms with Crippen LogP contribution in [0.25, 0.3) is 0 Å². The molecule has 0 saturated carbocycles. The molecule has 0 bridgehead atoms. The highest BCUT2D eigenvalue weighted by atomic mass is 19.1. The van der Waals surface area contributed by atoms with Crippen LogP contribution in [0.15, 0.2) is 54.6 Å². The van der Waals surface area contributed by atoms with Crippen LogP contribution in [0.2, 0.25) is 0 Å². The average Bonchev–Trinajstić information content (AvgIpc) is 2.68. The summed E-state index contributed by atoms with van der Waals surface area (Å²) in [7, 11) is 0. The highest BCUT2D eigenvalue weighted by Gasteiger charge is 2.24. The molecule has 6 heteroatoms. The van der Waals surface area contributed by atoms with Crippen LogP contribution in [0, 0.1) is 5.82 Å². The first-order valence-electron chi connectivity index (χ1n) is 9.10. The summed E-state index contributed by atoms with van der Waals surface area (Å²) in [5.41, 5.74) is 1.79. The van der Waals surface area contributed by atoms with Crippen LogP contribution in [-0.2, 0) is 16.1 Å². The minimum absolute atomic E-state index is 0.0281. The number of rotatable bonds is 5. The zero-order valence-corrected chi connectivity index (χ0v) is 15.5. The third-order valence-corrected chi connectivity index (χ3v) is 4.79. The van der Waals surface area contributed by atoms with Crippen LogP contribution in [0.1, 0.15) is 12.5 Å². The van der Waals surface area contributed by atoms with Gasteiger partial charge in [-0.3, -0.25) is 14.5 Å². The predicted molar refractivity (Wildman–Crippen MR) is 103 cm³/mol. The van der Waals surface area contributed by atoms with Crippen LogP contribution in [0.4, 0.5) is 10.1 Å². The molecule has 3 rings (SSSR count). The number of benzene rings is 2. The lowest BCUT2D eigenvalue weighted by atomic mass is 10.2. The minimum Gasteiger partial charge on any atom is -0.339 e. The summed E-state index contributed by atoms with van der Waals surface area (Å²) in [4.78, 5) is 30.1. The fraction of sp³-hybridized carbons (Fsp3) is 0.333. The van der Waals surface area contributed by atoms with Crippen molar-refractivity contribution < 1.29 is 14.0 Å². The maximum absolute atomic E-state index is 13.1. The van der Waals surface area contributed by atoms with Gasteiger partial charge in [0.1, 0.15) is 12.4 Å². The van der Waals surface area contributed by atoms with Gasteiger partial charge >= 0.3 is 0 Å². The molecule has 142 valence electrons. The quantitative estimate of drug-likeness (QED) is 0.814. The molecule has 5 nitrogen and oxygen atoms in total. The van der Waals surface area contributed by atoms with Crippen molar-refractivity contribution in [2.24, 2.45) is 0 Å². The molecule has 0 radical (unpaired) electrons. The van der Waals surface area contributed by atoms with Gasteiger partial charge in [0.15, 0.2) is 0 Å². The number of amides is 2. The number of hydrogen-bond acceptors (Lipinski definition) is 3. The summed E-state index contributed by atoms with van der Waals surface area (Å²) in [6.45, 7) is 5.14. The Morgan fingerprint density at radius 1 is 0.963 bits per heavy atom. The van der Waals surface area contributed by atoms with Crippen LogP contribution >= 0.6 is 0 Å². The lowest BCUT2D eigenvalue weighted by Crippen LogP contribution is -2.51. The fourth-order valence-electron chi connectivity index (χ4n) is 3.24. The molecule has 1 fully saturated rings. The second kappa shape index (κ2) is 8.77. The Morgan fingerprint density at radius 2 is 1.59 bits per heavy atom. The molecule has 0 aliphatic carbocycles. The molecule has 0 N–H and O–H groups in total. The van der Waals surface area contributed by atoms with E-state index in [0.29, 0.717) is 18.8 Å². The first kappa shape index (κ1) is 19.0. The smallest absolute Gasteiger partial charge is 0.242 e. The van der Waals surface area contributed by atoms with Gasteiger partial charge in [0.05, 0.1) is 0 Å². The Morgan fingerprint density at radius 3 is 2.19 bits per heavy atom. The van der Waals surface area contributed by atoms with Crippen LogP contribution in [0.3, 0.4) is 0 Å². The fourth-order valence-corrected chi connectivity index (χ4v) is 3.24. The first-order valence-corrected chi connectivity index (χ1v) is 9.10. The Kier molecular flexibility index (Phi) is 6.19. The Labute approximate surface area is 159 Å². The molecule has 0 atom stereocenters. The van der Waals surface area contributed by atoms with Crippen LogP contribution < -0.4 is 4.90 Å². The van der Waals surface area contributed by atoms with Gasteiger partial charge in [0.25, 0.3) is 0 Å². The van der Waals surface area contributed by atoms with Crippen molar-refractivity contribution in [3.8, 4) is 0 Å². The summed E-state index contributed by atoms with van der Waals surface area (Å²) in [6, 6.07) is 15.9. The predicted octanol–water partition coefficient (Wildman–Crippen LogP) is 2.52. The van der Waals surface area contributed by atoms with Crippen molar-refractivity contribution in [3.63, 3.8) is 0 Å². The van der Waals surface area contributed by atoms with E-state index in [9.17, 15) is 14.0 Å². The van der Waals surface area contributed by atoms with Gasteiger partial charge in [0.2, 0.25) is 11.8 Å². The molecule has 0 unspecified atom stereocenters. The highest BCUT2D eigenvalue weighted by Crippen LogP contribution is 2.16. The van der Waals surface area contributed by atoms with Crippen molar-refractivity contribution in [1.82, 2.24) is 9.80 Å². The monoisotopic (exact) mass is 369 g/mol. The molecule has 2 amide bonds. The number of hydrogen-bond donors (Lipinski definition) is 0. The maximum atomic E-state index is 13.1. The van der Waals surface area contributed by atoms with E-state index in [-0.39, 0.29) is 24.2 Å². The van der Waals surface area contributed by atoms with Crippen molar-refractivity contribution in [3.05, 3.63) is 66.0 Å². The minimum atomic E-state index is -0.372. The van der Waals surface area contributed by atoms with Crippen molar-refractivity contribution >= 4 is 17.5 Å². The topological polar surface area (TPSA) is 43.9 Å².